The molecule has 2 rings (SSSR count). The van der Waals surface area contributed by atoms with E-state index < -0.39 is 5.97 Å². The van der Waals surface area contributed by atoms with E-state index >= 15 is 0 Å². The predicted molar refractivity (Wildman–Crippen MR) is 80.5 cm³/mol. The molecule has 20 heavy (non-hydrogen) atoms. The SMILES string of the molecule is CNCCCN(C)c1cc(C(=O)O)c2ccccc2n1. The summed E-state index contributed by atoms with van der Waals surface area (Å²) < 4.78 is 0. The first kappa shape index (κ1) is 14.3. The van der Waals surface area contributed by atoms with Crippen LogP contribution in [0.1, 0.15) is 16.8 Å². The lowest BCUT2D eigenvalue weighted by atomic mass is 10.1. The molecule has 0 bridgehead atoms. The molecule has 0 saturated carbocycles. The van der Waals surface area contributed by atoms with Crippen LogP contribution in [0, 0.1) is 0 Å². The molecule has 0 saturated heterocycles. The fourth-order valence-corrected chi connectivity index (χ4v) is 2.14. The van der Waals surface area contributed by atoms with Crippen molar-refractivity contribution in [3.63, 3.8) is 0 Å². The van der Waals surface area contributed by atoms with Gasteiger partial charge in [0, 0.05) is 19.0 Å². The third-order valence-electron chi connectivity index (χ3n) is 3.24. The number of rotatable bonds is 6. The second-order valence-corrected chi connectivity index (χ2v) is 4.73. The lowest BCUT2D eigenvalue weighted by Crippen LogP contribution is -2.23. The number of fused-ring (bicyclic) bond motifs is 1. The number of hydrogen-bond donors (Lipinski definition) is 2. The van der Waals surface area contributed by atoms with Gasteiger partial charge in [-0.3, -0.25) is 0 Å². The molecule has 0 unspecified atom stereocenters. The van der Waals surface area contributed by atoms with Gasteiger partial charge in [0.2, 0.25) is 0 Å². The van der Waals surface area contributed by atoms with E-state index in [-0.39, 0.29) is 0 Å². The van der Waals surface area contributed by atoms with Gasteiger partial charge in [-0.15, -0.1) is 0 Å². The van der Waals surface area contributed by atoms with Crippen LogP contribution in [0.15, 0.2) is 30.3 Å². The molecule has 0 atom stereocenters. The van der Waals surface area contributed by atoms with Crippen molar-refractivity contribution >= 4 is 22.7 Å². The molecule has 5 heteroatoms. The molecular weight excluding hydrogens is 254 g/mol. The van der Waals surface area contributed by atoms with Gasteiger partial charge in [-0.1, -0.05) is 18.2 Å². The largest absolute Gasteiger partial charge is 0.478 e. The molecule has 0 aliphatic carbocycles. The quantitative estimate of drug-likeness (QED) is 0.788. The Hall–Kier alpha value is -2.14. The second kappa shape index (κ2) is 6.34. The van der Waals surface area contributed by atoms with Gasteiger partial charge in [-0.05, 0) is 32.1 Å². The molecule has 0 fully saturated rings. The van der Waals surface area contributed by atoms with Crippen molar-refractivity contribution in [2.24, 2.45) is 0 Å². The summed E-state index contributed by atoms with van der Waals surface area (Å²) in [6.45, 7) is 1.74. The minimum atomic E-state index is -0.923. The van der Waals surface area contributed by atoms with E-state index in [2.05, 4.69) is 10.3 Å². The molecule has 5 nitrogen and oxygen atoms in total. The van der Waals surface area contributed by atoms with Crippen LogP contribution in [-0.4, -0.2) is 43.2 Å². The van der Waals surface area contributed by atoms with Crippen LogP contribution < -0.4 is 10.2 Å². The molecule has 2 aromatic rings. The Bertz CT molecular complexity index is 613. The summed E-state index contributed by atoms with van der Waals surface area (Å²) in [5.41, 5.74) is 1.01. The maximum absolute atomic E-state index is 11.4. The summed E-state index contributed by atoms with van der Waals surface area (Å²) in [6, 6.07) is 8.96. The molecule has 106 valence electrons. The summed E-state index contributed by atoms with van der Waals surface area (Å²) in [4.78, 5) is 17.9. The zero-order valence-corrected chi connectivity index (χ0v) is 11.8. The molecular formula is C15H19N3O2. The van der Waals surface area contributed by atoms with Crippen LogP contribution >= 0.6 is 0 Å². The van der Waals surface area contributed by atoms with Crippen LogP contribution in [0.5, 0.6) is 0 Å². The lowest BCUT2D eigenvalue weighted by molar-refractivity contribution is 0.0699. The van der Waals surface area contributed by atoms with Gasteiger partial charge in [-0.25, -0.2) is 9.78 Å². The summed E-state index contributed by atoms with van der Waals surface area (Å²) >= 11 is 0. The summed E-state index contributed by atoms with van der Waals surface area (Å²) in [5, 5.41) is 13.1. The predicted octanol–water partition coefficient (Wildman–Crippen LogP) is 1.98. The minimum Gasteiger partial charge on any atom is -0.478 e. The number of nitrogens with zero attached hydrogens (tertiary/aromatic N) is 2. The fraction of sp³-hybridized carbons (Fsp3) is 0.333. The molecule has 0 radical (unpaired) electrons. The number of benzene rings is 1. The van der Waals surface area contributed by atoms with E-state index in [0.29, 0.717) is 22.3 Å². The van der Waals surface area contributed by atoms with Crippen molar-refractivity contribution in [3.05, 3.63) is 35.9 Å². The minimum absolute atomic E-state index is 0.297. The molecule has 2 N–H and O–H groups in total. The fourth-order valence-electron chi connectivity index (χ4n) is 2.14. The van der Waals surface area contributed by atoms with Crippen LogP contribution in [0.4, 0.5) is 5.82 Å². The van der Waals surface area contributed by atoms with E-state index in [1.807, 2.05) is 37.2 Å². The highest BCUT2D eigenvalue weighted by Crippen LogP contribution is 2.22. The Kier molecular flexibility index (Phi) is 4.53. The van der Waals surface area contributed by atoms with E-state index in [9.17, 15) is 9.90 Å². The highest BCUT2D eigenvalue weighted by Gasteiger charge is 2.13. The number of carboxylic acids is 1. The van der Waals surface area contributed by atoms with E-state index in [1.165, 1.54) is 0 Å². The zero-order chi connectivity index (χ0) is 14.5. The number of aromatic nitrogens is 1. The van der Waals surface area contributed by atoms with E-state index in [0.717, 1.165) is 19.5 Å². The molecule has 0 aliphatic rings. The lowest BCUT2D eigenvalue weighted by Gasteiger charge is -2.19. The third-order valence-corrected chi connectivity index (χ3v) is 3.24. The Morgan fingerprint density at radius 1 is 1.40 bits per heavy atom. The Morgan fingerprint density at radius 3 is 2.85 bits per heavy atom. The van der Waals surface area contributed by atoms with Crippen molar-refractivity contribution in [1.29, 1.82) is 0 Å². The van der Waals surface area contributed by atoms with Crippen LogP contribution in [-0.2, 0) is 0 Å². The number of para-hydroxylation sites is 1. The van der Waals surface area contributed by atoms with Crippen LogP contribution in [0.3, 0.4) is 0 Å². The smallest absolute Gasteiger partial charge is 0.336 e. The van der Waals surface area contributed by atoms with Gasteiger partial charge in [0.25, 0.3) is 0 Å². The van der Waals surface area contributed by atoms with Crippen molar-refractivity contribution in [2.75, 3.05) is 32.1 Å². The summed E-state index contributed by atoms with van der Waals surface area (Å²) in [7, 11) is 3.84. The first-order chi connectivity index (χ1) is 9.63. The second-order valence-electron chi connectivity index (χ2n) is 4.73. The van der Waals surface area contributed by atoms with E-state index in [1.54, 1.807) is 12.1 Å². The number of aromatic carboxylic acids is 1. The Labute approximate surface area is 118 Å². The molecule has 1 heterocycles. The first-order valence-corrected chi connectivity index (χ1v) is 6.62. The number of hydrogen-bond acceptors (Lipinski definition) is 4. The van der Waals surface area contributed by atoms with Crippen molar-refractivity contribution in [1.82, 2.24) is 10.3 Å². The third kappa shape index (κ3) is 3.05. The highest BCUT2D eigenvalue weighted by atomic mass is 16.4. The topological polar surface area (TPSA) is 65.5 Å². The maximum atomic E-state index is 11.4. The number of anilines is 1. The van der Waals surface area contributed by atoms with Crippen molar-refractivity contribution in [3.8, 4) is 0 Å². The monoisotopic (exact) mass is 273 g/mol. The normalized spacial score (nSPS) is 10.7. The highest BCUT2D eigenvalue weighted by molar-refractivity contribution is 6.03. The molecule has 0 amide bonds. The first-order valence-electron chi connectivity index (χ1n) is 6.62. The zero-order valence-electron chi connectivity index (χ0n) is 11.8. The standard InChI is InChI=1S/C15H19N3O2/c1-16-8-5-9-18(2)14-10-12(15(19)20)11-6-3-4-7-13(11)17-14/h3-4,6-7,10,16H,5,8-9H2,1-2H3,(H,19,20). The number of pyridine rings is 1. The molecule has 1 aromatic heterocycles. The van der Waals surface area contributed by atoms with E-state index in [4.69, 9.17) is 0 Å². The Morgan fingerprint density at radius 2 is 2.15 bits per heavy atom. The van der Waals surface area contributed by atoms with Crippen LogP contribution in [0.25, 0.3) is 10.9 Å². The van der Waals surface area contributed by atoms with Gasteiger partial charge in [0.05, 0.1) is 11.1 Å². The maximum Gasteiger partial charge on any atom is 0.336 e. The van der Waals surface area contributed by atoms with Crippen LogP contribution in [0.2, 0.25) is 0 Å². The van der Waals surface area contributed by atoms with Gasteiger partial charge in [0.15, 0.2) is 0 Å². The molecule has 0 spiro atoms. The van der Waals surface area contributed by atoms with Gasteiger partial charge in [-0.2, -0.15) is 0 Å². The van der Waals surface area contributed by atoms with Crippen molar-refractivity contribution in [2.45, 2.75) is 6.42 Å². The average Bonchev–Trinajstić information content (AvgIpc) is 2.46. The average molecular weight is 273 g/mol. The number of carbonyl (C=O) groups is 1. The van der Waals surface area contributed by atoms with Gasteiger partial charge in [0.1, 0.15) is 5.82 Å². The number of nitrogens with one attached hydrogen (secondary N) is 1. The number of carboxylic acid groups (broad SMARTS) is 1. The summed E-state index contributed by atoms with van der Waals surface area (Å²) in [5.74, 6) is -0.231. The Balaban J connectivity index is 2.37. The van der Waals surface area contributed by atoms with Crippen molar-refractivity contribution < 1.29 is 9.90 Å². The molecule has 0 aliphatic heterocycles. The van der Waals surface area contributed by atoms with Gasteiger partial charge < -0.3 is 15.3 Å². The molecule has 1 aromatic carbocycles. The summed E-state index contributed by atoms with van der Waals surface area (Å²) in [6.07, 6.45) is 0.976. The van der Waals surface area contributed by atoms with Gasteiger partial charge >= 0.3 is 5.97 Å².